The number of aliphatic hydroxyl groups excluding tert-OH is 1. The van der Waals surface area contributed by atoms with Gasteiger partial charge in [-0.2, -0.15) is 0 Å². The molecule has 0 saturated carbocycles. The highest BCUT2D eigenvalue weighted by molar-refractivity contribution is 5.87. The summed E-state index contributed by atoms with van der Waals surface area (Å²) >= 11 is 0. The number of esters is 2. The molecule has 1 unspecified atom stereocenters. The van der Waals surface area contributed by atoms with Gasteiger partial charge in [0.15, 0.2) is 5.76 Å². The van der Waals surface area contributed by atoms with Crippen molar-refractivity contribution in [1.82, 2.24) is 4.90 Å². The molecule has 3 atom stereocenters. The molecule has 22 heavy (non-hydrogen) atoms. The van der Waals surface area contributed by atoms with Crippen LogP contribution in [0.5, 0.6) is 0 Å². The van der Waals surface area contributed by atoms with Crippen LogP contribution in [0.2, 0.25) is 0 Å². The van der Waals surface area contributed by atoms with Gasteiger partial charge in [0.05, 0.1) is 12.6 Å². The lowest BCUT2D eigenvalue weighted by Gasteiger charge is -2.26. The highest BCUT2D eigenvalue weighted by atomic mass is 16.6. The number of nitrogens with zero attached hydrogens (tertiary/aromatic N) is 1. The number of fused-ring (bicyclic) bond motifs is 1. The molecule has 1 N–H and O–H groups in total. The number of hydrogen-bond donors (Lipinski definition) is 1. The van der Waals surface area contributed by atoms with E-state index in [1.807, 2.05) is 0 Å². The summed E-state index contributed by atoms with van der Waals surface area (Å²) < 4.78 is 10.7. The minimum atomic E-state index is -0.797. The topological polar surface area (TPSA) is 76.1 Å². The van der Waals surface area contributed by atoms with E-state index in [1.54, 1.807) is 19.9 Å². The molecule has 0 aromatic carbocycles. The zero-order chi connectivity index (χ0) is 16.3. The number of carbonyl (C=O) groups is 2. The van der Waals surface area contributed by atoms with Crippen molar-refractivity contribution in [1.29, 1.82) is 0 Å². The number of ether oxygens (including phenoxy) is 2. The predicted molar refractivity (Wildman–Crippen MR) is 80.1 cm³/mol. The standard InChI is InChI=1S/C16H23NO5/c1-4-10(2)15(19)22-13-6-8-17-7-5-12(14(13)17)9-21-16(20)11(3)18/h4,12-14,18H,3,5-9H2,1-2H3/b10-4+/t12-,13-,14?/m1/s1. The highest BCUT2D eigenvalue weighted by Crippen LogP contribution is 2.35. The minimum absolute atomic E-state index is 0.0772. The molecule has 6 heteroatoms. The maximum absolute atomic E-state index is 11.9. The Balaban J connectivity index is 1.95. The maximum Gasteiger partial charge on any atom is 0.372 e. The lowest BCUT2D eigenvalue weighted by atomic mass is 9.97. The summed E-state index contributed by atoms with van der Waals surface area (Å²) in [7, 11) is 0. The largest absolute Gasteiger partial charge is 0.502 e. The SMILES string of the molecule is C=C(O)C(=O)OC[C@H]1CCN2CC[C@@H](OC(=O)/C(C)=C/C)C12. The Kier molecular flexibility index (Phi) is 5.24. The van der Waals surface area contributed by atoms with Crippen molar-refractivity contribution in [3.05, 3.63) is 24.0 Å². The number of carbonyl (C=O) groups excluding carboxylic acids is 2. The van der Waals surface area contributed by atoms with Crippen LogP contribution < -0.4 is 0 Å². The molecule has 6 nitrogen and oxygen atoms in total. The molecule has 0 aromatic heterocycles. The smallest absolute Gasteiger partial charge is 0.372 e. The number of hydrogen-bond acceptors (Lipinski definition) is 6. The number of allylic oxidation sites excluding steroid dienone is 1. The molecule has 0 aromatic rings. The first-order valence-electron chi connectivity index (χ1n) is 7.57. The molecule has 2 saturated heterocycles. The molecule has 0 spiro atoms. The van der Waals surface area contributed by atoms with E-state index in [-0.39, 0.29) is 30.6 Å². The molecule has 2 rings (SSSR count). The second kappa shape index (κ2) is 6.96. The zero-order valence-corrected chi connectivity index (χ0v) is 13.1. The van der Waals surface area contributed by atoms with Gasteiger partial charge < -0.3 is 14.6 Å². The molecule has 122 valence electrons. The molecule has 0 aliphatic carbocycles. The molecule has 2 aliphatic heterocycles. The normalized spacial score (nSPS) is 28.3. The molecule has 0 bridgehead atoms. The molecule has 2 aliphatic rings. The molecule has 0 amide bonds. The third-order valence-electron chi connectivity index (χ3n) is 4.45. The van der Waals surface area contributed by atoms with Gasteiger partial charge in [0, 0.05) is 18.0 Å². The predicted octanol–water partition coefficient (Wildman–Crippen LogP) is 1.57. The second-order valence-corrected chi connectivity index (χ2v) is 5.82. The van der Waals surface area contributed by atoms with Crippen LogP contribution in [0.1, 0.15) is 26.7 Å². The van der Waals surface area contributed by atoms with Gasteiger partial charge in [-0.1, -0.05) is 6.08 Å². The van der Waals surface area contributed by atoms with Crippen LogP contribution in [0, 0.1) is 5.92 Å². The van der Waals surface area contributed by atoms with Crippen LogP contribution >= 0.6 is 0 Å². The van der Waals surface area contributed by atoms with Gasteiger partial charge in [0.25, 0.3) is 0 Å². The van der Waals surface area contributed by atoms with Crippen LogP contribution in [0.3, 0.4) is 0 Å². The fraction of sp³-hybridized carbons (Fsp3) is 0.625. The lowest BCUT2D eigenvalue weighted by Crippen LogP contribution is -2.38. The number of aliphatic hydroxyl groups is 1. The summed E-state index contributed by atoms with van der Waals surface area (Å²) in [6.07, 6.45) is 3.23. The average molecular weight is 309 g/mol. The third kappa shape index (κ3) is 3.50. The second-order valence-electron chi connectivity index (χ2n) is 5.82. The van der Waals surface area contributed by atoms with Crippen molar-refractivity contribution in [2.24, 2.45) is 5.92 Å². The third-order valence-corrected chi connectivity index (χ3v) is 4.45. The van der Waals surface area contributed by atoms with Gasteiger partial charge in [-0.25, -0.2) is 9.59 Å². The van der Waals surface area contributed by atoms with E-state index in [4.69, 9.17) is 14.6 Å². The van der Waals surface area contributed by atoms with Crippen LogP contribution in [0.4, 0.5) is 0 Å². The van der Waals surface area contributed by atoms with Crippen molar-refractivity contribution < 1.29 is 24.2 Å². The first-order chi connectivity index (χ1) is 10.4. The zero-order valence-electron chi connectivity index (χ0n) is 13.1. The van der Waals surface area contributed by atoms with Gasteiger partial charge >= 0.3 is 11.9 Å². The quantitative estimate of drug-likeness (QED) is 0.472. The summed E-state index contributed by atoms with van der Waals surface area (Å²) in [6.45, 7) is 8.67. The first-order valence-corrected chi connectivity index (χ1v) is 7.57. The molecular weight excluding hydrogens is 286 g/mol. The summed E-state index contributed by atoms with van der Waals surface area (Å²) in [5, 5.41) is 8.99. The molecular formula is C16H23NO5. The van der Waals surface area contributed by atoms with Crippen molar-refractivity contribution in [3.8, 4) is 0 Å². The average Bonchev–Trinajstić information content (AvgIpc) is 3.07. The number of rotatable bonds is 5. The van der Waals surface area contributed by atoms with Crippen LogP contribution in [-0.4, -0.2) is 53.8 Å². The Morgan fingerprint density at radius 2 is 2.00 bits per heavy atom. The molecule has 0 radical (unpaired) electrons. The van der Waals surface area contributed by atoms with E-state index < -0.39 is 11.7 Å². The monoisotopic (exact) mass is 309 g/mol. The van der Waals surface area contributed by atoms with Crippen LogP contribution in [0.15, 0.2) is 24.0 Å². The maximum atomic E-state index is 11.9. The van der Waals surface area contributed by atoms with E-state index >= 15 is 0 Å². The minimum Gasteiger partial charge on any atom is -0.502 e. The Bertz CT molecular complexity index is 499. The summed E-state index contributed by atoms with van der Waals surface area (Å²) in [5.41, 5.74) is 0.594. The Morgan fingerprint density at radius 1 is 1.32 bits per heavy atom. The highest BCUT2D eigenvalue weighted by Gasteiger charge is 2.46. The fourth-order valence-electron chi connectivity index (χ4n) is 3.14. The van der Waals surface area contributed by atoms with Gasteiger partial charge in [0.2, 0.25) is 0 Å². The summed E-state index contributed by atoms with van der Waals surface area (Å²) in [5.74, 6) is -1.57. The lowest BCUT2D eigenvalue weighted by molar-refractivity contribution is -0.148. The Hall–Kier alpha value is -1.82. The van der Waals surface area contributed by atoms with E-state index in [0.29, 0.717) is 5.57 Å². The first kappa shape index (κ1) is 16.5. The van der Waals surface area contributed by atoms with E-state index in [0.717, 1.165) is 25.9 Å². The molecule has 2 fully saturated rings. The van der Waals surface area contributed by atoms with E-state index in [2.05, 4.69) is 11.5 Å². The van der Waals surface area contributed by atoms with Crippen molar-refractivity contribution >= 4 is 11.9 Å². The van der Waals surface area contributed by atoms with Crippen molar-refractivity contribution in [2.45, 2.75) is 38.8 Å². The van der Waals surface area contributed by atoms with Gasteiger partial charge in [0.1, 0.15) is 6.10 Å². The van der Waals surface area contributed by atoms with E-state index in [1.165, 1.54) is 0 Å². The Labute approximate surface area is 130 Å². The van der Waals surface area contributed by atoms with Crippen molar-refractivity contribution in [2.75, 3.05) is 19.7 Å². The van der Waals surface area contributed by atoms with Crippen LogP contribution in [0.25, 0.3) is 0 Å². The van der Waals surface area contributed by atoms with Gasteiger partial charge in [-0.15, -0.1) is 0 Å². The van der Waals surface area contributed by atoms with Crippen molar-refractivity contribution in [3.63, 3.8) is 0 Å². The Morgan fingerprint density at radius 3 is 2.64 bits per heavy atom. The summed E-state index contributed by atoms with van der Waals surface area (Å²) in [6, 6.07) is 0.0772. The van der Waals surface area contributed by atoms with Crippen LogP contribution in [-0.2, 0) is 19.1 Å². The van der Waals surface area contributed by atoms with Gasteiger partial charge in [-0.3, -0.25) is 4.90 Å². The molecule has 2 heterocycles. The fourth-order valence-corrected chi connectivity index (χ4v) is 3.14. The van der Waals surface area contributed by atoms with Gasteiger partial charge in [-0.05, 0) is 39.8 Å². The summed E-state index contributed by atoms with van der Waals surface area (Å²) in [4.78, 5) is 25.5. The van der Waals surface area contributed by atoms with E-state index in [9.17, 15) is 9.59 Å².